The second kappa shape index (κ2) is 1.21. The molecule has 0 N–H and O–H groups in total. The zero-order valence-electron chi connectivity index (χ0n) is 5.33. The fraction of sp³-hybridized carbons (Fsp3) is 0. The van der Waals surface area contributed by atoms with Crippen molar-refractivity contribution < 1.29 is 0 Å². The first-order valence-electron chi connectivity index (χ1n) is 3.35. The normalized spacial score (nSPS) is 16.2. The van der Waals surface area contributed by atoms with Crippen LogP contribution in [0.2, 0.25) is 0 Å². The fourth-order valence-corrected chi connectivity index (χ4v) is 1.53. The van der Waals surface area contributed by atoms with Crippen LogP contribution in [0.3, 0.4) is 0 Å². The topological polar surface area (TPSA) is 12.4 Å². The summed E-state index contributed by atoms with van der Waals surface area (Å²) in [5, 5.41) is 0. The maximum Gasteiger partial charge on any atom is 0.0716 e. The molecule has 10 heavy (non-hydrogen) atoms. The lowest BCUT2D eigenvalue weighted by atomic mass is 10.1. The highest BCUT2D eigenvalue weighted by Crippen LogP contribution is 2.36. The summed E-state index contributed by atoms with van der Waals surface area (Å²) >= 11 is 0. The van der Waals surface area contributed by atoms with E-state index in [2.05, 4.69) is 35.3 Å². The van der Waals surface area contributed by atoms with Crippen LogP contribution in [0.4, 0.5) is 5.69 Å². The van der Waals surface area contributed by atoms with Gasteiger partial charge in [0.2, 0.25) is 0 Å². The van der Waals surface area contributed by atoms with Crippen molar-refractivity contribution in [3.63, 3.8) is 0 Å². The molecule has 1 heterocycles. The smallest absolute Gasteiger partial charge is 0.0716 e. The summed E-state index contributed by atoms with van der Waals surface area (Å²) in [5.41, 5.74) is 4.88. The lowest BCUT2D eigenvalue weighted by molar-refractivity contribution is 1.56. The number of nitrogens with zero attached hydrogens (tertiary/aromatic N) is 1. The van der Waals surface area contributed by atoms with Crippen LogP contribution in [0.5, 0.6) is 0 Å². The maximum absolute atomic E-state index is 4.37. The molecule has 1 heteroatoms. The molecule has 3 rings (SSSR count). The quantitative estimate of drug-likeness (QED) is 0.506. The van der Waals surface area contributed by atoms with Crippen molar-refractivity contribution in [1.82, 2.24) is 0 Å². The Labute approximate surface area is 58.7 Å². The van der Waals surface area contributed by atoms with Gasteiger partial charge in [-0.15, -0.1) is 0 Å². The van der Waals surface area contributed by atoms with E-state index in [0.717, 1.165) is 11.4 Å². The Balaban J connectivity index is 2.59. The van der Waals surface area contributed by atoms with E-state index >= 15 is 0 Å². The summed E-state index contributed by atoms with van der Waals surface area (Å²) in [5.74, 6) is 0. The third-order valence-electron chi connectivity index (χ3n) is 2.01. The van der Waals surface area contributed by atoms with Crippen molar-refractivity contribution in [2.24, 2.45) is 4.99 Å². The second-order valence-electron chi connectivity index (χ2n) is 2.57. The predicted octanol–water partition coefficient (Wildman–Crippen LogP) is 2.15. The van der Waals surface area contributed by atoms with Gasteiger partial charge < -0.3 is 0 Å². The van der Waals surface area contributed by atoms with Crippen molar-refractivity contribution in [3.8, 4) is 0 Å². The van der Waals surface area contributed by atoms with Gasteiger partial charge in [0.1, 0.15) is 0 Å². The van der Waals surface area contributed by atoms with Crippen LogP contribution >= 0.6 is 0 Å². The van der Waals surface area contributed by atoms with Gasteiger partial charge in [0.25, 0.3) is 0 Å². The van der Waals surface area contributed by atoms with Crippen LogP contribution < -0.4 is 0 Å². The predicted molar refractivity (Wildman–Crippen MR) is 41.7 cm³/mol. The average Bonchev–Trinajstić information content (AvgIpc) is 2.44. The zero-order valence-corrected chi connectivity index (χ0v) is 5.33. The summed E-state index contributed by atoms with van der Waals surface area (Å²) in [4.78, 5) is 4.37. The maximum atomic E-state index is 4.37. The molecule has 1 aliphatic carbocycles. The number of rotatable bonds is 0. The number of allylic oxidation sites excluding steroid dienone is 1. The van der Waals surface area contributed by atoms with E-state index < -0.39 is 0 Å². The van der Waals surface area contributed by atoms with Gasteiger partial charge in [-0.05, 0) is 18.2 Å². The van der Waals surface area contributed by atoms with E-state index in [1.54, 1.807) is 0 Å². The van der Waals surface area contributed by atoms with Crippen molar-refractivity contribution in [2.45, 2.75) is 0 Å². The molecule has 0 fully saturated rings. The number of hydrogen-bond acceptors (Lipinski definition) is 1. The molecule has 0 radical (unpaired) electrons. The van der Waals surface area contributed by atoms with Gasteiger partial charge in [0.05, 0.1) is 11.4 Å². The lowest BCUT2D eigenvalue weighted by Crippen LogP contribution is -1.84. The first-order valence-corrected chi connectivity index (χ1v) is 3.35. The Bertz CT molecular complexity index is 372. The van der Waals surface area contributed by atoms with Crippen molar-refractivity contribution in [1.29, 1.82) is 0 Å². The highest BCUT2D eigenvalue weighted by atomic mass is 14.8. The van der Waals surface area contributed by atoms with E-state index in [1.165, 1.54) is 11.1 Å². The molecule has 2 aliphatic rings. The standard InChI is InChI=1S/C9H5N/c1-2-6-7-4-5-9(6)10-8(7)3-1/h1-5H. The Morgan fingerprint density at radius 1 is 1.10 bits per heavy atom. The minimum Gasteiger partial charge on any atom is -0.248 e. The molecule has 0 saturated carbocycles. The number of aliphatic imine (C=N–C) groups is 1. The zero-order chi connectivity index (χ0) is 6.55. The molecular weight excluding hydrogens is 122 g/mol. The number of benzene rings is 1. The summed E-state index contributed by atoms with van der Waals surface area (Å²) in [6.45, 7) is 0. The van der Waals surface area contributed by atoms with Crippen molar-refractivity contribution in [2.75, 3.05) is 0 Å². The van der Waals surface area contributed by atoms with Crippen LogP contribution in [0.15, 0.2) is 29.3 Å². The molecule has 0 atom stereocenters. The highest BCUT2D eigenvalue weighted by Gasteiger charge is 2.20. The molecule has 0 aromatic heterocycles. The van der Waals surface area contributed by atoms with Gasteiger partial charge in [-0.2, -0.15) is 0 Å². The number of hydrogen-bond donors (Lipinski definition) is 0. The van der Waals surface area contributed by atoms with E-state index in [4.69, 9.17) is 0 Å². The van der Waals surface area contributed by atoms with Crippen molar-refractivity contribution >= 4 is 17.5 Å². The third-order valence-corrected chi connectivity index (χ3v) is 2.01. The molecule has 0 spiro atoms. The first kappa shape index (κ1) is 4.45. The van der Waals surface area contributed by atoms with Gasteiger partial charge in [0.15, 0.2) is 0 Å². The lowest BCUT2D eigenvalue weighted by Gasteiger charge is -1.91. The van der Waals surface area contributed by atoms with Crippen LogP contribution in [0, 0.1) is 0 Å². The van der Waals surface area contributed by atoms with Gasteiger partial charge in [0, 0.05) is 11.1 Å². The second-order valence-corrected chi connectivity index (χ2v) is 2.57. The summed E-state index contributed by atoms with van der Waals surface area (Å²) in [6, 6.07) is 6.22. The molecule has 1 nitrogen and oxygen atoms in total. The van der Waals surface area contributed by atoms with Crippen molar-refractivity contribution in [3.05, 3.63) is 35.4 Å². The van der Waals surface area contributed by atoms with E-state index in [9.17, 15) is 0 Å². The molecule has 1 aromatic carbocycles. The summed E-state index contributed by atoms with van der Waals surface area (Å²) < 4.78 is 0. The molecule has 0 saturated heterocycles. The third kappa shape index (κ3) is 0.320. The van der Waals surface area contributed by atoms with Crippen LogP contribution in [0.1, 0.15) is 11.1 Å². The highest BCUT2D eigenvalue weighted by molar-refractivity contribution is 6.22. The molecular formula is C9H5N. The summed E-state index contributed by atoms with van der Waals surface area (Å²) in [7, 11) is 0. The van der Waals surface area contributed by atoms with Crippen LogP contribution in [0.25, 0.3) is 6.08 Å². The van der Waals surface area contributed by atoms with Gasteiger partial charge >= 0.3 is 0 Å². The Hall–Kier alpha value is -1.37. The molecule has 46 valence electrons. The first-order chi connectivity index (χ1) is 4.95. The molecule has 4 bridgehead atoms. The van der Waals surface area contributed by atoms with Crippen LogP contribution in [-0.2, 0) is 0 Å². The largest absolute Gasteiger partial charge is 0.248 e. The van der Waals surface area contributed by atoms with Gasteiger partial charge in [-0.1, -0.05) is 12.1 Å². The van der Waals surface area contributed by atoms with E-state index in [1.807, 2.05) is 0 Å². The van der Waals surface area contributed by atoms with Gasteiger partial charge in [-0.25, -0.2) is 4.99 Å². The molecule has 1 aliphatic heterocycles. The molecule has 0 amide bonds. The Kier molecular flexibility index (Phi) is 0.539. The van der Waals surface area contributed by atoms with Crippen LogP contribution in [-0.4, -0.2) is 5.71 Å². The van der Waals surface area contributed by atoms with E-state index in [-0.39, 0.29) is 0 Å². The monoisotopic (exact) mass is 127 g/mol. The minimum atomic E-state index is 1.13. The fourth-order valence-electron chi connectivity index (χ4n) is 1.53. The summed E-state index contributed by atoms with van der Waals surface area (Å²) in [6.07, 6.45) is 4.20. The SMILES string of the molecule is C1=Cc2c3cccc2C1=N3. The van der Waals surface area contributed by atoms with Gasteiger partial charge in [-0.3, -0.25) is 0 Å². The molecule has 1 aromatic rings. The Morgan fingerprint density at radius 2 is 2.10 bits per heavy atom. The average molecular weight is 127 g/mol. The minimum absolute atomic E-state index is 1.13. The Morgan fingerprint density at radius 3 is 2.90 bits per heavy atom. The molecule has 0 unspecified atom stereocenters. The van der Waals surface area contributed by atoms with E-state index in [0.29, 0.717) is 0 Å².